The minimum absolute atomic E-state index is 0.0167. The van der Waals surface area contributed by atoms with Crippen LogP contribution in [0, 0.1) is 0 Å². The highest BCUT2D eigenvalue weighted by Crippen LogP contribution is 2.26. The maximum atomic E-state index is 13.4. The van der Waals surface area contributed by atoms with Crippen molar-refractivity contribution in [3.63, 3.8) is 0 Å². The van der Waals surface area contributed by atoms with Crippen LogP contribution >= 0.6 is 0 Å². The van der Waals surface area contributed by atoms with Crippen molar-refractivity contribution in [3.05, 3.63) is 134 Å². The Morgan fingerprint density at radius 1 is 0.562 bits per heavy atom. The number of allylic oxidation sites excluding steroid dienone is 21. The normalized spacial score (nSPS) is 20.5. The van der Waals surface area contributed by atoms with Gasteiger partial charge < -0.3 is 45.1 Å². The number of amides is 1. The largest absolute Gasteiger partial charge is 0.454 e. The summed E-state index contributed by atoms with van der Waals surface area (Å²) >= 11 is 0. The highest BCUT2D eigenvalue weighted by Gasteiger charge is 2.47. The summed E-state index contributed by atoms with van der Waals surface area (Å²) in [6.45, 7) is 5.43. The molecule has 1 saturated heterocycles. The fourth-order valence-corrected chi connectivity index (χ4v) is 7.76. The summed E-state index contributed by atoms with van der Waals surface area (Å²) in [5.74, 6) is -1.31. The van der Waals surface area contributed by atoms with Crippen LogP contribution in [0.2, 0.25) is 0 Å². The highest BCUT2D eigenvalue weighted by molar-refractivity contribution is 5.80. The average molecular weight is 1020 g/mol. The van der Waals surface area contributed by atoms with E-state index >= 15 is 0 Å². The summed E-state index contributed by atoms with van der Waals surface area (Å²) < 4.78 is 17.4. The molecule has 412 valence electrons. The number of carbonyl (C=O) groups is 2. The zero-order valence-corrected chi connectivity index (χ0v) is 45.2. The molecule has 0 aliphatic carbocycles. The molecule has 6 N–H and O–H groups in total. The lowest BCUT2D eigenvalue weighted by Crippen LogP contribution is -2.61. The number of unbranched alkanes of at least 4 members (excludes halogenated alkanes) is 14. The molecule has 8 unspecified atom stereocenters. The third-order valence-corrected chi connectivity index (χ3v) is 12.2. The minimum atomic E-state index is -1.65. The second-order valence-corrected chi connectivity index (χ2v) is 18.7. The third kappa shape index (κ3) is 37.2. The van der Waals surface area contributed by atoms with Crippen LogP contribution in [-0.2, 0) is 23.8 Å². The Bertz CT molecular complexity index is 1690. The molecule has 0 aromatic carbocycles. The van der Waals surface area contributed by atoms with Crippen molar-refractivity contribution < 1.29 is 49.3 Å². The number of nitrogens with one attached hydrogen (secondary N) is 1. The number of aliphatic hydroxyl groups is 5. The summed E-state index contributed by atoms with van der Waals surface area (Å²) in [5, 5.41) is 56.7. The Hall–Kier alpha value is -4.20. The van der Waals surface area contributed by atoms with Crippen molar-refractivity contribution >= 4 is 11.9 Å². The summed E-state index contributed by atoms with van der Waals surface area (Å²) in [7, 11) is 0. The van der Waals surface area contributed by atoms with Gasteiger partial charge in [0.2, 0.25) is 5.91 Å². The Balaban J connectivity index is 2.78. The zero-order valence-electron chi connectivity index (χ0n) is 45.2. The molecule has 0 bridgehead atoms. The zero-order chi connectivity index (χ0) is 53.3. The first kappa shape index (κ1) is 66.8. The average Bonchev–Trinajstić information content (AvgIpc) is 3.39. The lowest BCUT2D eigenvalue weighted by Gasteiger charge is -2.41. The number of esters is 1. The molecule has 8 atom stereocenters. The molecule has 1 aliphatic rings. The Morgan fingerprint density at radius 2 is 1.05 bits per heavy atom. The van der Waals surface area contributed by atoms with Crippen LogP contribution in [0.3, 0.4) is 0 Å². The fourth-order valence-electron chi connectivity index (χ4n) is 7.76. The van der Waals surface area contributed by atoms with Gasteiger partial charge in [0.05, 0.1) is 25.4 Å². The molecule has 0 aromatic rings. The van der Waals surface area contributed by atoms with Crippen molar-refractivity contribution in [2.45, 2.75) is 230 Å². The first-order valence-electron chi connectivity index (χ1n) is 28.0. The van der Waals surface area contributed by atoms with E-state index in [1.54, 1.807) is 6.08 Å². The van der Waals surface area contributed by atoms with Crippen LogP contribution in [0.1, 0.15) is 181 Å². The number of rotatable bonds is 44. The van der Waals surface area contributed by atoms with E-state index < -0.39 is 67.4 Å². The standard InChI is InChI=1S/C62H99NO10/c1-4-7-10-13-16-19-22-24-25-26-27-28-29-30-32-34-37-40-43-46-49-55(66)61(70)63-53(54(65)48-45-42-39-36-33-21-18-15-12-9-6-3)52-71-62-60(59(69)58(68)56(51-64)72-62)73-57(67)50-47-44-41-38-35-31-23-20-17-14-11-8-5-2/h7-8,10-11,14,16-17,19-20,23-25,27-28,30-32,35,38,41,45,48,53-56,58-60,62,64-66,68-69H,4-6,9,12-13,15,18,21-22,26,29,33-34,36-37,39-40,42-44,46-47,49-52H2,1-3H3,(H,63,70)/b10-7-,11-8+,17-14+,19-16-,23-20-,25-24-,28-27-,32-30-,35-31-,41-38+,48-45+. The van der Waals surface area contributed by atoms with Gasteiger partial charge in [-0.1, -0.05) is 225 Å². The van der Waals surface area contributed by atoms with Crippen LogP contribution in [0.25, 0.3) is 0 Å². The van der Waals surface area contributed by atoms with Crippen LogP contribution in [-0.4, -0.2) is 99.6 Å². The Kier molecular flexibility index (Phi) is 44.6. The van der Waals surface area contributed by atoms with Crippen LogP contribution in [0.15, 0.2) is 134 Å². The summed E-state index contributed by atoms with van der Waals surface area (Å²) in [6, 6.07) is -1.06. The predicted molar refractivity (Wildman–Crippen MR) is 301 cm³/mol. The van der Waals surface area contributed by atoms with E-state index in [9.17, 15) is 35.1 Å². The molecule has 73 heavy (non-hydrogen) atoms. The Morgan fingerprint density at radius 3 is 1.63 bits per heavy atom. The number of aliphatic hydroxyl groups excluding tert-OH is 5. The van der Waals surface area contributed by atoms with E-state index in [2.05, 4.69) is 92.9 Å². The molecule has 11 nitrogen and oxygen atoms in total. The van der Waals surface area contributed by atoms with Gasteiger partial charge in [-0.05, 0) is 83.5 Å². The molecule has 1 fully saturated rings. The molecule has 0 radical (unpaired) electrons. The van der Waals surface area contributed by atoms with Gasteiger partial charge in [-0.3, -0.25) is 9.59 Å². The smallest absolute Gasteiger partial charge is 0.306 e. The van der Waals surface area contributed by atoms with E-state index in [1.165, 1.54) is 38.5 Å². The molecule has 0 spiro atoms. The summed E-state index contributed by atoms with van der Waals surface area (Å²) in [5.41, 5.74) is 0. The topological polar surface area (TPSA) is 175 Å². The van der Waals surface area contributed by atoms with Crippen LogP contribution in [0.5, 0.6) is 0 Å². The maximum absolute atomic E-state index is 13.4. The van der Waals surface area contributed by atoms with Crippen molar-refractivity contribution in [1.82, 2.24) is 5.32 Å². The minimum Gasteiger partial charge on any atom is -0.454 e. The molecular weight excluding hydrogens is 919 g/mol. The predicted octanol–water partition coefficient (Wildman–Crippen LogP) is 12.5. The first-order chi connectivity index (χ1) is 35.7. The molecule has 0 aromatic heterocycles. The molecule has 11 heteroatoms. The first-order valence-corrected chi connectivity index (χ1v) is 28.0. The fraction of sp³-hybridized carbons (Fsp3) is 0.613. The number of hydrogen-bond acceptors (Lipinski definition) is 10. The van der Waals surface area contributed by atoms with E-state index in [1.807, 2.05) is 60.8 Å². The second kappa shape index (κ2) is 48.7. The van der Waals surface area contributed by atoms with E-state index in [0.717, 1.165) is 89.9 Å². The molecular formula is C62H99NO10. The lowest BCUT2D eigenvalue weighted by atomic mass is 9.99. The van der Waals surface area contributed by atoms with E-state index in [-0.39, 0.29) is 19.4 Å². The van der Waals surface area contributed by atoms with Gasteiger partial charge in [-0.15, -0.1) is 0 Å². The van der Waals surface area contributed by atoms with Crippen molar-refractivity contribution in [3.8, 4) is 0 Å². The molecule has 1 amide bonds. The SMILES string of the molecule is CC/C=C\C/C=C\C/C=C\C/C=C\C/C=C\CCCCCCC(O)C(=O)NC(COC1OC(CO)C(O)C(O)C1OC(=O)CCC/C=C/C=C\C=C/C=C/C=C/CC)C(O)/C=C/CCCCCCCCCCC. The monoisotopic (exact) mass is 1020 g/mol. The summed E-state index contributed by atoms with van der Waals surface area (Å²) in [4.78, 5) is 26.4. The number of carbonyl (C=O) groups excluding carboxylic acids is 2. The lowest BCUT2D eigenvalue weighted by molar-refractivity contribution is -0.305. The van der Waals surface area contributed by atoms with Crippen LogP contribution < -0.4 is 5.32 Å². The van der Waals surface area contributed by atoms with E-state index in [4.69, 9.17) is 14.2 Å². The number of hydrogen-bond donors (Lipinski definition) is 6. The molecule has 1 rings (SSSR count). The second-order valence-electron chi connectivity index (χ2n) is 18.7. The highest BCUT2D eigenvalue weighted by atomic mass is 16.7. The maximum Gasteiger partial charge on any atom is 0.306 e. The molecule has 0 saturated carbocycles. The van der Waals surface area contributed by atoms with Gasteiger partial charge >= 0.3 is 5.97 Å². The van der Waals surface area contributed by atoms with Gasteiger partial charge in [0, 0.05) is 6.42 Å². The Labute approximate surface area is 442 Å². The van der Waals surface area contributed by atoms with Gasteiger partial charge in [-0.2, -0.15) is 0 Å². The van der Waals surface area contributed by atoms with Crippen molar-refractivity contribution in [2.75, 3.05) is 13.2 Å². The van der Waals surface area contributed by atoms with Crippen LogP contribution in [0.4, 0.5) is 0 Å². The summed E-state index contributed by atoms with van der Waals surface area (Å²) in [6.07, 6.45) is 57.9. The third-order valence-electron chi connectivity index (χ3n) is 12.2. The molecule has 1 heterocycles. The number of ether oxygens (including phenoxy) is 3. The van der Waals surface area contributed by atoms with Gasteiger partial charge in [0.15, 0.2) is 12.4 Å². The van der Waals surface area contributed by atoms with Crippen molar-refractivity contribution in [2.24, 2.45) is 0 Å². The molecule has 1 aliphatic heterocycles. The van der Waals surface area contributed by atoms with Crippen molar-refractivity contribution in [1.29, 1.82) is 0 Å². The quantitative estimate of drug-likeness (QED) is 0.0149. The van der Waals surface area contributed by atoms with Gasteiger partial charge in [0.25, 0.3) is 0 Å². The van der Waals surface area contributed by atoms with Gasteiger partial charge in [-0.25, -0.2) is 0 Å². The van der Waals surface area contributed by atoms with Gasteiger partial charge in [0.1, 0.15) is 24.4 Å². The van der Waals surface area contributed by atoms with E-state index in [0.29, 0.717) is 19.3 Å².